The van der Waals surface area contributed by atoms with Crippen molar-refractivity contribution in [2.45, 2.75) is 35.9 Å². The Morgan fingerprint density at radius 3 is 2.88 bits per heavy atom. The summed E-state index contributed by atoms with van der Waals surface area (Å²) in [5, 5.41) is 8.42. The van der Waals surface area contributed by atoms with E-state index < -0.39 is 0 Å². The minimum atomic E-state index is 0. The summed E-state index contributed by atoms with van der Waals surface area (Å²) in [7, 11) is 0. The van der Waals surface area contributed by atoms with Gasteiger partial charge in [0.1, 0.15) is 0 Å². The van der Waals surface area contributed by atoms with Crippen molar-refractivity contribution in [2.24, 2.45) is 5.92 Å². The number of benzene rings is 1. The summed E-state index contributed by atoms with van der Waals surface area (Å²) in [5.74, 6) is 0.201. The van der Waals surface area contributed by atoms with Crippen LogP contribution in [0.2, 0.25) is 0 Å². The van der Waals surface area contributed by atoms with Gasteiger partial charge in [0.15, 0.2) is 4.34 Å². The Morgan fingerprint density at radius 1 is 1.42 bits per heavy atom. The predicted molar refractivity (Wildman–Crippen MR) is 104 cm³/mol. The van der Waals surface area contributed by atoms with E-state index in [-0.39, 0.29) is 24.2 Å². The molecular formula is C17H22ClN3OS2. The summed E-state index contributed by atoms with van der Waals surface area (Å²) in [4.78, 5) is 18.0. The Morgan fingerprint density at radius 2 is 2.25 bits per heavy atom. The molecule has 1 atom stereocenters. The van der Waals surface area contributed by atoms with Crippen molar-refractivity contribution in [3.05, 3.63) is 34.8 Å². The highest BCUT2D eigenvalue weighted by atomic mass is 35.5. The Kier molecular flexibility index (Phi) is 7.10. The Balaban J connectivity index is 0.00000208. The molecule has 24 heavy (non-hydrogen) atoms. The van der Waals surface area contributed by atoms with Gasteiger partial charge >= 0.3 is 0 Å². The quantitative estimate of drug-likeness (QED) is 0.827. The van der Waals surface area contributed by atoms with Crippen molar-refractivity contribution in [1.82, 2.24) is 10.3 Å². The number of aryl methyl sites for hydroxylation is 2. The molecule has 1 aromatic carbocycles. The number of rotatable bonds is 4. The van der Waals surface area contributed by atoms with E-state index in [1.54, 1.807) is 23.1 Å². The summed E-state index contributed by atoms with van der Waals surface area (Å²) in [6.45, 7) is 5.84. The van der Waals surface area contributed by atoms with Gasteiger partial charge in [0, 0.05) is 28.2 Å². The lowest BCUT2D eigenvalue weighted by atomic mass is 9.98. The molecule has 1 saturated heterocycles. The van der Waals surface area contributed by atoms with E-state index in [1.807, 2.05) is 26.0 Å². The Hall–Kier alpha value is -1.08. The number of carbonyl (C=O) groups excluding carboxylic acids is 1. The van der Waals surface area contributed by atoms with Gasteiger partial charge in [0.25, 0.3) is 0 Å². The van der Waals surface area contributed by atoms with Gasteiger partial charge in [0.2, 0.25) is 5.91 Å². The maximum Gasteiger partial charge on any atom is 0.228 e. The molecule has 2 aromatic rings. The fourth-order valence-electron chi connectivity index (χ4n) is 2.63. The zero-order valence-electron chi connectivity index (χ0n) is 13.8. The lowest BCUT2D eigenvalue weighted by Crippen LogP contribution is -2.37. The summed E-state index contributed by atoms with van der Waals surface area (Å²) < 4.78 is 1.05. The maximum atomic E-state index is 12.3. The van der Waals surface area contributed by atoms with Gasteiger partial charge in [-0.1, -0.05) is 11.8 Å². The third kappa shape index (κ3) is 4.96. The number of hydrogen-bond donors (Lipinski definition) is 2. The van der Waals surface area contributed by atoms with E-state index in [2.05, 4.69) is 27.1 Å². The van der Waals surface area contributed by atoms with Crippen molar-refractivity contribution in [2.75, 3.05) is 18.4 Å². The average Bonchev–Trinajstić information content (AvgIpc) is 2.96. The highest BCUT2D eigenvalue weighted by Gasteiger charge is 2.21. The van der Waals surface area contributed by atoms with E-state index in [4.69, 9.17) is 0 Å². The molecule has 1 unspecified atom stereocenters. The van der Waals surface area contributed by atoms with Gasteiger partial charge in [-0.05, 0) is 57.0 Å². The topological polar surface area (TPSA) is 54.0 Å². The normalized spacial score (nSPS) is 17.2. The number of piperidine rings is 1. The second kappa shape index (κ2) is 8.85. The lowest BCUT2D eigenvalue weighted by molar-refractivity contribution is -0.120. The second-order valence-electron chi connectivity index (χ2n) is 5.87. The van der Waals surface area contributed by atoms with Crippen LogP contribution < -0.4 is 10.6 Å². The van der Waals surface area contributed by atoms with Crippen molar-refractivity contribution >= 4 is 47.1 Å². The number of aromatic nitrogens is 1. The van der Waals surface area contributed by atoms with Gasteiger partial charge in [-0.2, -0.15) is 0 Å². The zero-order chi connectivity index (χ0) is 16.2. The molecule has 0 saturated carbocycles. The number of carbonyl (C=O) groups is 1. The first-order valence-corrected chi connectivity index (χ1v) is 9.53. The minimum absolute atomic E-state index is 0. The third-order valence-corrected chi connectivity index (χ3v) is 5.97. The minimum Gasteiger partial charge on any atom is -0.326 e. The van der Waals surface area contributed by atoms with Gasteiger partial charge in [-0.3, -0.25) is 4.79 Å². The molecule has 2 N–H and O–H groups in total. The Labute approximate surface area is 157 Å². The molecule has 1 aromatic heterocycles. The highest BCUT2D eigenvalue weighted by Crippen LogP contribution is 2.32. The van der Waals surface area contributed by atoms with Crippen LogP contribution >= 0.6 is 35.5 Å². The number of hydrogen-bond acceptors (Lipinski definition) is 5. The fraction of sp³-hybridized carbons (Fsp3) is 0.412. The average molecular weight is 384 g/mol. The molecule has 0 aliphatic carbocycles. The maximum absolute atomic E-state index is 12.3. The number of nitrogens with one attached hydrogen (secondary N) is 2. The van der Waals surface area contributed by atoms with E-state index in [0.717, 1.165) is 52.1 Å². The molecule has 1 aliphatic rings. The van der Waals surface area contributed by atoms with Crippen LogP contribution in [0.5, 0.6) is 0 Å². The summed E-state index contributed by atoms with van der Waals surface area (Å²) in [6.07, 6.45) is 2.04. The first-order valence-electron chi connectivity index (χ1n) is 7.84. The molecule has 0 bridgehead atoms. The van der Waals surface area contributed by atoms with Crippen LogP contribution in [0.25, 0.3) is 0 Å². The molecule has 3 rings (SSSR count). The van der Waals surface area contributed by atoms with Crippen LogP contribution in [0.4, 0.5) is 5.69 Å². The SMILES string of the molecule is Cc1csc(Sc2ccc(NC(=O)C3CCCNC3)c(C)c2)n1.Cl. The van der Waals surface area contributed by atoms with Crippen molar-refractivity contribution < 1.29 is 4.79 Å². The van der Waals surface area contributed by atoms with Gasteiger partial charge in [-0.15, -0.1) is 23.7 Å². The number of amides is 1. The molecule has 1 aliphatic heterocycles. The molecule has 7 heteroatoms. The van der Waals surface area contributed by atoms with Crippen molar-refractivity contribution in [3.63, 3.8) is 0 Å². The molecule has 2 heterocycles. The first kappa shape index (κ1) is 19.2. The van der Waals surface area contributed by atoms with Crippen LogP contribution in [-0.4, -0.2) is 24.0 Å². The van der Waals surface area contributed by atoms with Gasteiger partial charge < -0.3 is 10.6 Å². The zero-order valence-corrected chi connectivity index (χ0v) is 16.2. The van der Waals surface area contributed by atoms with E-state index >= 15 is 0 Å². The Bertz CT molecular complexity index is 699. The van der Waals surface area contributed by atoms with Crippen LogP contribution in [0.1, 0.15) is 24.1 Å². The fourth-order valence-corrected chi connectivity index (χ4v) is 4.54. The monoisotopic (exact) mass is 383 g/mol. The highest BCUT2D eigenvalue weighted by molar-refractivity contribution is 8.01. The molecule has 1 amide bonds. The molecule has 4 nitrogen and oxygen atoms in total. The largest absolute Gasteiger partial charge is 0.326 e. The first-order chi connectivity index (χ1) is 11.1. The summed E-state index contributed by atoms with van der Waals surface area (Å²) in [5.41, 5.74) is 3.04. The van der Waals surface area contributed by atoms with E-state index in [0.29, 0.717) is 0 Å². The number of nitrogens with zero attached hydrogens (tertiary/aromatic N) is 1. The number of halogens is 1. The molecule has 130 valence electrons. The van der Waals surface area contributed by atoms with Crippen LogP contribution in [-0.2, 0) is 4.79 Å². The van der Waals surface area contributed by atoms with Gasteiger partial charge in [0.05, 0.1) is 5.92 Å². The van der Waals surface area contributed by atoms with Gasteiger partial charge in [-0.25, -0.2) is 4.98 Å². The van der Waals surface area contributed by atoms with E-state index in [1.165, 1.54) is 0 Å². The molecular weight excluding hydrogens is 362 g/mol. The second-order valence-corrected chi connectivity index (χ2v) is 8.04. The molecule has 0 radical (unpaired) electrons. The number of thiazole rings is 1. The van der Waals surface area contributed by atoms with Crippen LogP contribution in [0, 0.1) is 19.8 Å². The van der Waals surface area contributed by atoms with Crippen molar-refractivity contribution in [1.29, 1.82) is 0 Å². The smallest absolute Gasteiger partial charge is 0.228 e. The van der Waals surface area contributed by atoms with Crippen LogP contribution in [0.3, 0.4) is 0 Å². The van der Waals surface area contributed by atoms with Crippen molar-refractivity contribution in [3.8, 4) is 0 Å². The third-order valence-electron chi connectivity index (χ3n) is 3.93. The predicted octanol–water partition coefficient (Wildman–Crippen LogP) is 4.27. The van der Waals surface area contributed by atoms with E-state index in [9.17, 15) is 4.79 Å². The summed E-state index contributed by atoms with van der Waals surface area (Å²) >= 11 is 3.32. The van der Waals surface area contributed by atoms with Crippen LogP contribution in [0.15, 0.2) is 32.8 Å². The lowest BCUT2D eigenvalue weighted by Gasteiger charge is -2.22. The standard InChI is InChI=1S/C17H21N3OS2.ClH/c1-11-8-14(23-17-19-12(2)10-22-17)5-6-15(11)20-16(21)13-4-3-7-18-9-13;/h5-6,8,10,13,18H,3-4,7,9H2,1-2H3,(H,20,21);1H. The molecule has 0 spiro atoms. The summed E-state index contributed by atoms with van der Waals surface area (Å²) in [6, 6.07) is 6.14. The number of anilines is 1. The molecule has 1 fully saturated rings.